The minimum Gasteiger partial charge on any atom is -0.265 e. The van der Waals surface area contributed by atoms with Gasteiger partial charge in [-0.05, 0) is 46.5 Å². The molecular formula is C45H29N5. The molecule has 0 N–H and O–H groups in total. The van der Waals surface area contributed by atoms with E-state index in [4.69, 9.17) is 19.9 Å². The Bertz CT molecular complexity index is 2550. The molecule has 5 nitrogen and oxygen atoms in total. The second-order valence-electron chi connectivity index (χ2n) is 12.1. The van der Waals surface area contributed by atoms with E-state index in [1.165, 1.54) is 5.39 Å². The van der Waals surface area contributed by atoms with Gasteiger partial charge in [0.05, 0.1) is 11.2 Å². The fourth-order valence-electron chi connectivity index (χ4n) is 6.57. The van der Waals surface area contributed by atoms with Crippen LogP contribution in [-0.2, 0) is 0 Å². The van der Waals surface area contributed by atoms with Crippen LogP contribution in [0.1, 0.15) is 0 Å². The van der Waals surface area contributed by atoms with Gasteiger partial charge in [0, 0.05) is 50.8 Å². The van der Waals surface area contributed by atoms with Crippen molar-refractivity contribution >= 4 is 21.7 Å². The van der Waals surface area contributed by atoms with Crippen molar-refractivity contribution in [3.05, 3.63) is 176 Å². The molecule has 9 rings (SSSR count). The van der Waals surface area contributed by atoms with Crippen LogP contribution < -0.4 is 0 Å². The van der Waals surface area contributed by atoms with Gasteiger partial charge in [-0.1, -0.05) is 140 Å². The molecule has 0 saturated carbocycles. The maximum absolute atomic E-state index is 5.23. The van der Waals surface area contributed by atoms with Gasteiger partial charge in [-0.25, -0.2) is 19.9 Å². The molecule has 0 spiro atoms. The summed E-state index contributed by atoms with van der Waals surface area (Å²) in [5.41, 5.74) is 10.3. The van der Waals surface area contributed by atoms with E-state index in [2.05, 4.69) is 102 Å². The predicted octanol–water partition coefficient (Wildman–Crippen LogP) is 11.0. The van der Waals surface area contributed by atoms with Crippen molar-refractivity contribution in [2.24, 2.45) is 0 Å². The van der Waals surface area contributed by atoms with Gasteiger partial charge >= 0.3 is 0 Å². The first kappa shape index (κ1) is 29.3. The highest BCUT2D eigenvalue weighted by atomic mass is 15.0. The molecule has 50 heavy (non-hydrogen) atoms. The summed E-state index contributed by atoms with van der Waals surface area (Å²) in [5.74, 6) is 1.92. The summed E-state index contributed by atoms with van der Waals surface area (Å²) in [6.45, 7) is 0. The Hall–Kier alpha value is -6.85. The predicted molar refractivity (Wildman–Crippen MR) is 203 cm³/mol. The highest BCUT2D eigenvalue weighted by molar-refractivity contribution is 6.17. The van der Waals surface area contributed by atoms with Gasteiger partial charge < -0.3 is 0 Å². The van der Waals surface area contributed by atoms with Crippen LogP contribution in [0.2, 0.25) is 0 Å². The molecule has 3 heterocycles. The Balaban J connectivity index is 1.17. The maximum atomic E-state index is 5.23. The van der Waals surface area contributed by atoms with Crippen LogP contribution in [0.3, 0.4) is 0 Å². The third kappa shape index (κ3) is 5.47. The normalized spacial score (nSPS) is 11.2. The SMILES string of the molecule is c1ccc(-c2nc(-c3ccccc3)nc(-c3ccc(-c4ccc5nc(-c6ccccc6)c6cccc(-c7ccncc7)c6c5c4)cc3)n2)cc1. The molecule has 0 aliphatic rings. The van der Waals surface area contributed by atoms with Crippen LogP contribution in [0.15, 0.2) is 176 Å². The molecule has 0 bridgehead atoms. The van der Waals surface area contributed by atoms with E-state index >= 15 is 0 Å². The van der Waals surface area contributed by atoms with E-state index < -0.39 is 0 Å². The first-order chi connectivity index (χ1) is 24.8. The number of hydrogen-bond acceptors (Lipinski definition) is 5. The third-order valence-corrected chi connectivity index (χ3v) is 9.03. The first-order valence-electron chi connectivity index (χ1n) is 16.6. The molecule has 0 aliphatic heterocycles. The number of rotatable bonds is 6. The quantitative estimate of drug-likeness (QED) is 0.169. The van der Waals surface area contributed by atoms with Crippen molar-refractivity contribution in [1.82, 2.24) is 24.9 Å². The molecule has 6 aromatic carbocycles. The van der Waals surface area contributed by atoms with Gasteiger partial charge in [-0.2, -0.15) is 0 Å². The number of hydrogen-bond donors (Lipinski definition) is 0. The molecule has 0 amide bonds. The van der Waals surface area contributed by atoms with E-state index in [9.17, 15) is 0 Å². The molecule has 0 aliphatic carbocycles. The minimum atomic E-state index is 0.633. The zero-order valence-corrected chi connectivity index (χ0v) is 27.0. The van der Waals surface area contributed by atoms with Crippen molar-refractivity contribution in [1.29, 1.82) is 0 Å². The summed E-state index contributed by atoms with van der Waals surface area (Å²) in [6, 6.07) is 56.2. The Morgan fingerprint density at radius 1 is 0.320 bits per heavy atom. The molecule has 234 valence electrons. The summed E-state index contributed by atoms with van der Waals surface area (Å²) >= 11 is 0. The Kier molecular flexibility index (Phi) is 7.41. The zero-order chi connectivity index (χ0) is 33.3. The number of nitrogens with zero attached hydrogens (tertiary/aromatic N) is 5. The number of aromatic nitrogens is 5. The van der Waals surface area contributed by atoms with E-state index in [-0.39, 0.29) is 0 Å². The van der Waals surface area contributed by atoms with E-state index in [0.717, 1.165) is 66.5 Å². The molecular weight excluding hydrogens is 611 g/mol. The van der Waals surface area contributed by atoms with Gasteiger partial charge in [-0.3, -0.25) is 4.98 Å². The molecule has 0 saturated heterocycles. The van der Waals surface area contributed by atoms with Crippen molar-refractivity contribution in [3.63, 3.8) is 0 Å². The van der Waals surface area contributed by atoms with Crippen LogP contribution in [0.25, 0.3) is 89.4 Å². The van der Waals surface area contributed by atoms with Gasteiger partial charge in [-0.15, -0.1) is 0 Å². The average Bonchev–Trinajstić information content (AvgIpc) is 3.21. The topological polar surface area (TPSA) is 64.5 Å². The standard InChI is InChI=1S/C45H29N5/c1-4-11-32(12-5-1)42-38-18-10-17-37(31-25-27-46-28-26-31)41(38)39-29-36(23-24-40(39)47-42)30-19-21-35(22-20-30)45-49-43(33-13-6-2-7-14-33)48-44(50-45)34-15-8-3-9-16-34/h1-29H. The summed E-state index contributed by atoms with van der Waals surface area (Å²) < 4.78 is 0. The highest BCUT2D eigenvalue weighted by Gasteiger charge is 2.16. The van der Waals surface area contributed by atoms with Crippen LogP contribution in [0.4, 0.5) is 0 Å². The molecule has 0 radical (unpaired) electrons. The van der Waals surface area contributed by atoms with Gasteiger partial charge in [0.15, 0.2) is 17.5 Å². The van der Waals surface area contributed by atoms with Crippen molar-refractivity contribution in [3.8, 4) is 67.7 Å². The third-order valence-electron chi connectivity index (χ3n) is 9.03. The average molecular weight is 640 g/mol. The minimum absolute atomic E-state index is 0.633. The number of fused-ring (bicyclic) bond motifs is 3. The van der Waals surface area contributed by atoms with Gasteiger partial charge in [0.1, 0.15) is 0 Å². The van der Waals surface area contributed by atoms with Crippen molar-refractivity contribution in [2.75, 3.05) is 0 Å². The molecule has 0 fully saturated rings. The Morgan fingerprint density at radius 2 is 0.840 bits per heavy atom. The summed E-state index contributed by atoms with van der Waals surface area (Å²) in [4.78, 5) is 24.2. The number of benzene rings is 6. The monoisotopic (exact) mass is 639 g/mol. The van der Waals surface area contributed by atoms with E-state index in [1.807, 2.05) is 79.1 Å². The molecule has 5 heteroatoms. The lowest BCUT2D eigenvalue weighted by Crippen LogP contribution is -2.00. The largest absolute Gasteiger partial charge is 0.265 e. The molecule has 9 aromatic rings. The molecule has 3 aromatic heterocycles. The lowest BCUT2D eigenvalue weighted by molar-refractivity contribution is 1.07. The molecule has 0 atom stereocenters. The van der Waals surface area contributed by atoms with Crippen LogP contribution in [0, 0.1) is 0 Å². The highest BCUT2D eigenvalue weighted by Crippen LogP contribution is 2.40. The fourth-order valence-corrected chi connectivity index (χ4v) is 6.57. The Morgan fingerprint density at radius 3 is 1.44 bits per heavy atom. The van der Waals surface area contributed by atoms with E-state index in [0.29, 0.717) is 17.5 Å². The van der Waals surface area contributed by atoms with Crippen LogP contribution in [-0.4, -0.2) is 24.9 Å². The summed E-state index contributed by atoms with van der Waals surface area (Å²) in [5, 5.41) is 3.39. The smallest absolute Gasteiger partial charge is 0.164 e. The summed E-state index contributed by atoms with van der Waals surface area (Å²) in [6.07, 6.45) is 3.70. The summed E-state index contributed by atoms with van der Waals surface area (Å²) in [7, 11) is 0. The molecule has 0 unspecified atom stereocenters. The second kappa shape index (κ2) is 12.6. The maximum Gasteiger partial charge on any atom is 0.164 e. The van der Waals surface area contributed by atoms with Crippen LogP contribution >= 0.6 is 0 Å². The van der Waals surface area contributed by atoms with E-state index in [1.54, 1.807) is 0 Å². The van der Waals surface area contributed by atoms with Gasteiger partial charge in [0.25, 0.3) is 0 Å². The fraction of sp³-hybridized carbons (Fsp3) is 0. The van der Waals surface area contributed by atoms with Crippen LogP contribution in [0.5, 0.6) is 0 Å². The Labute approximate surface area is 289 Å². The zero-order valence-electron chi connectivity index (χ0n) is 27.0. The first-order valence-corrected chi connectivity index (χ1v) is 16.6. The van der Waals surface area contributed by atoms with Crippen molar-refractivity contribution in [2.45, 2.75) is 0 Å². The second-order valence-corrected chi connectivity index (χ2v) is 12.1. The van der Waals surface area contributed by atoms with Gasteiger partial charge in [0.2, 0.25) is 0 Å². The lowest BCUT2D eigenvalue weighted by atomic mass is 9.92. The van der Waals surface area contributed by atoms with Crippen molar-refractivity contribution < 1.29 is 0 Å². The number of pyridine rings is 2. The lowest BCUT2D eigenvalue weighted by Gasteiger charge is -2.15.